The predicted octanol–water partition coefficient (Wildman–Crippen LogP) is 3.02. The van der Waals surface area contributed by atoms with Crippen molar-refractivity contribution < 1.29 is 4.74 Å². The summed E-state index contributed by atoms with van der Waals surface area (Å²) in [5, 5.41) is 0. The summed E-state index contributed by atoms with van der Waals surface area (Å²) < 4.78 is 5.99. The molecule has 1 aromatic heterocycles. The Labute approximate surface area is 109 Å². The van der Waals surface area contributed by atoms with Crippen molar-refractivity contribution >= 4 is 5.82 Å². The quantitative estimate of drug-likeness (QED) is 0.636. The average Bonchev–Trinajstić information content (AvgIpc) is 2.39. The van der Waals surface area contributed by atoms with Crippen molar-refractivity contribution in [3.63, 3.8) is 0 Å². The van der Waals surface area contributed by atoms with Gasteiger partial charge in [0.1, 0.15) is 11.6 Å². The summed E-state index contributed by atoms with van der Waals surface area (Å²) >= 11 is 0. The highest BCUT2D eigenvalue weighted by Gasteiger charge is 2.27. The number of aryl methyl sites for hydroxylation is 1. The fraction of sp³-hybridized carbons (Fsp3) is 0.643. The number of rotatable bonds is 4. The summed E-state index contributed by atoms with van der Waals surface area (Å²) in [5.74, 6) is 6.89. The number of nitrogen functional groups attached to an aromatic ring is 1. The Bertz CT molecular complexity index is 400. The average molecular weight is 249 g/mol. The molecular weight excluding hydrogens is 226 g/mol. The van der Waals surface area contributed by atoms with E-state index >= 15 is 0 Å². The lowest BCUT2D eigenvalue weighted by Crippen LogP contribution is -2.27. The number of hydrogen-bond donors (Lipinski definition) is 2. The fourth-order valence-electron chi connectivity index (χ4n) is 2.54. The van der Waals surface area contributed by atoms with Gasteiger partial charge < -0.3 is 10.2 Å². The molecule has 0 unspecified atom stereocenters. The van der Waals surface area contributed by atoms with Crippen LogP contribution in [-0.4, -0.2) is 11.6 Å². The second-order valence-electron chi connectivity index (χ2n) is 5.64. The normalized spacial score (nSPS) is 18.4. The van der Waals surface area contributed by atoms with Gasteiger partial charge in [0.25, 0.3) is 0 Å². The topological polar surface area (TPSA) is 60.2 Å². The molecule has 3 N–H and O–H groups in total. The van der Waals surface area contributed by atoms with Crippen LogP contribution in [-0.2, 0) is 0 Å². The minimum atomic E-state index is 0.324. The van der Waals surface area contributed by atoms with Crippen molar-refractivity contribution in [1.82, 2.24) is 4.98 Å². The minimum absolute atomic E-state index is 0.324. The summed E-state index contributed by atoms with van der Waals surface area (Å²) in [6, 6.07) is 1.86. The third-order valence-corrected chi connectivity index (χ3v) is 3.84. The SMILES string of the molecule is Cc1cnc(NN)cc1OCC1(C)CCCCC1. The van der Waals surface area contributed by atoms with Crippen LogP contribution in [0.4, 0.5) is 5.82 Å². The largest absolute Gasteiger partial charge is 0.493 e. The molecule has 0 aromatic carbocycles. The molecule has 100 valence electrons. The first kappa shape index (κ1) is 13.1. The van der Waals surface area contributed by atoms with E-state index in [0.717, 1.165) is 17.9 Å². The highest BCUT2D eigenvalue weighted by molar-refractivity contribution is 5.43. The zero-order valence-corrected chi connectivity index (χ0v) is 11.3. The van der Waals surface area contributed by atoms with Crippen LogP contribution in [0, 0.1) is 12.3 Å². The first-order chi connectivity index (χ1) is 8.63. The van der Waals surface area contributed by atoms with Crippen molar-refractivity contribution in [1.29, 1.82) is 0 Å². The molecule has 18 heavy (non-hydrogen) atoms. The summed E-state index contributed by atoms with van der Waals surface area (Å²) in [6.07, 6.45) is 8.33. The van der Waals surface area contributed by atoms with Gasteiger partial charge in [-0.05, 0) is 19.8 Å². The molecule has 1 aromatic rings. The van der Waals surface area contributed by atoms with Gasteiger partial charge in [-0.2, -0.15) is 0 Å². The lowest BCUT2D eigenvalue weighted by molar-refractivity contribution is 0.115. The van der Waals surface area contributed by atoms with Crippen molar-refractivity contribution in [2.75, 3.05) is 12.0 Å². The Hall–Kier alpha value is -1.29. The first-order valence-electron chi connectivity index (χ1n) is 6.69. The number of nitrogens with two attached hydrogens (primary N) is 1. The Morgan fingerprint density at radius 2 is 2.11 bits per heavy atom. The van der Waals surface area contributed by atoms with Crippen LogP contribution in [0.5, 0.6) is 5.75 Å². The summed E-state index contributed by atoms with van der Waals surface area (Å²) in [5.41, 5.74) is 3.92. The summed E-state index contributed by atoms with van der Waals surface area (Å²) in [6.45, 7) is 5.11. The van der Waals surface area contributed by atoms with Crippen LogP contribution in [0.25, 0.3) is 0 Å². The van der Waals surface area contributed by atoms with E-state index in [1.807, 2.05) is 13.0 Å². The third-order valence-electron chi connectivity index (χ3n) is 3.84. The standard InChI is InChI=1S/C14H23N3O/c1-11-9-16-13(17-15)8-12(11)18-10-14(2)6-4-3-5-7-14/h8-9H,3-7,10,15H2,1-2H3,(H,16,17). The van der Waals surface area contributed by atoms with Crippen LogP contribution in [0.15, 0.2) is 12.3 Å². The molecule has 1 heterocycles. The number of ether oxygens (including phenoxy) is 1. The molecule has 1 saturated carbocycles. The molecule has 4 heteroatoms. The summed E-state index contributed by atoms with van der Waals surface area (Å²) in [4.78, 5) is 4.15. The van der Waals surface area contributed by atoms with Crippen LogP contribution in [0.2, 0.25) is 0 Å². The number of aromatic nitrogens is 1. The van der Waals surface area contributed by atoms with Crippen molar-refractivity contribution in [3.8, 4) is 5.75 Å². The summed E-state index contributed by atoms with van der Waals surface area (Å²) in [7, 11) is 0. The smallest absolute Gasteiger partial charge is 0.143 e. The molecule has 1 fully saturated rings. The molecule has 0 spiro atoms. The van der Waals surface area contributed by atoms with Gasteiger partial charge in [0.15, 0.2) is 0 Å². The van der Waals surface area contributed by atoms with E-state index in [-0.39, 0.29) is 0 Å². The van der Waals surface area contributed by atoms with Gasteiger partial charge in [0.2, 0.25) is 0 Å². The fourth-order valence-corrected chi connectivity index (χ4v) is 2.54. The Kier molecular flexibility index (Phi) is 4.07. The monoisotopic (exact) mass is 249 g/mol. The van der Waals surface area contributed by atoms with E-state index in [4.69, 9.17) is 10.6 Å². The predicted molar refractivity (Wildman–Crippen MR) is 73.5 cm³/mol. The van der Waals surface area contributed by atoms with Crippen molar-refractivity contribution in [2.24, 2.45) is 11.3 Å². The van der Waals surface area contributed by atoms with E-state index in [1.54, 1.807) is 6.20 Å². The molecule has 0 bridgehead atoms. The molecule has 0 radical (unpaired) electrons. The maximum Gasteiger partial charge on any atom is 0.143 e. The van der Waals surface area contributed by atoms with Crippen LogP contribution < -0.4 is 16.0 Å². The van der Waals surface area contributed by atoms with Gasteiger partial charge in [0.05, 0.1) is 6.61 Å². The zero-order chi connectivity index (χ0) is 13.0. The van der Waals surface area contributed by atoms with Crippen molar-refractivity contribution in [2.45, 2.75) is 46.0 Å². The van der Waals surface area contributed by atoms with Gasteiger partial charge in [-0.15, -0.1) is 0 Å². The first-order valence-corrected chi connectivity index (χ1v) is 6.69. The van der Waals surface area contributed by atoms with Gasteiger partial charge in [0, 0.05) is 23.2 Å². The van der Waals surface area contributed by atoms with Crippen LogP contribution >= 0.6 is 0 Å². The van der Waals surface area contributed by atoms with Crippen LogP contribution in [0.3, 0.4) is 0 Å². The lowest BCUT2D eigenvalue weighted by atomic mass is 9.76. The number of hydrazine groups is 1. The number of nitrogens with one attached hydrogen (secondary N) is 1. The van der Waals surface area contributed by atoms with Crippen molar-refractivity contribution in [3.05, 3.63) is 17.8 Å². The third kappa shape index (κ3) is 3.13. The molecule has 0 amide bonds. The highest BCUT2D eigenvalue weighted by atomic mass is 16.5. The molecule has 0 aliphatic heterocycles. The number of anilines is 1. The molecule has 1 aliphatic rings. The molecule has 0 atom stereocenters. The lowest BCUT2D eigenvalue weighted by Gasteiger charge is -2.33. The maximum atomic E-state index is 5.99. The van der Waals surface area contributed by atoms with E-state index in [0.29, 0.717) is 11.2 Å². The highest BCUT2D eigenvalue weighted by Crippen LogP contribution is 2.36. The van der Waals surface area contributed by atoms with Gasteiger partial charge in [-0.3, -0.25) is 0 Å². The minimum Gasteiger partial charge on any atom is -0.493 e. The van der Waals surface area contributed by atoms with Crippen LogP contribution in [0.1, 0.15) is 44.6 Å². The second kappa shape index (κ2) is 5.57. The molecular formula is C14H23N3O. The van der Waals surface area contributed by atoms with E-state index in [1.165, 1.54) is 32.1 Å². The van der Waals surface area contributed by atoms with E-state index in [9.17, 15) is 0 Å². The molecule has 1 aliphatic carbocycles. The van der Waals surface area contributed by atoms with Gasteiger partial charge in [-0.25, -0.2) is 10.8 Å². The van der Waals surface area contributed by atoms with Gasteiger partial charge in [-0.1, -0.05) is 26.2 Å². The Balaban J connectivity index is 2.00. The van der Waals surface area contributed by atoms with E-state index < -0.39 is 0 Å². The Morgan fingerprint density at radius 3 is 2.78 bits per heavy atom. The van der Waals surface area contributed by atoms with E-state index in [2.05, 4.69) is 17.3 Å². The molecule has 2 rings (SSSR count). The zero-order valence-electron chi connectivity index (χ0n) is 11.3. The number of hydrogen-bond acceptors (Lipinski definition) is 4. The number of nitrogens with zero attached hydrogens (tertiary/aromatic N) is 1. The Morgan fingerprint density at radius 1 is 1.39 bits per heavy atom. The number of pyridine rings is 1. The second-order valence-corrected chi connectivity index (χ2v) is 5.64. The van der Waals surface area contributed by atoms with Gasteiger partial charge >= 0.3 is 0 Å². The molecule has 4 nitrogen and oxygen atoms in total. The molecule has 0 saturated heterocycles. The maximum absolute atomic E-state index is 5.99.